The molecule has 0 unspecified atom stereocenters. The molecule has 1 aromatic carbocycles. The molecule has 5 heteroatoms. The first-order valence-electron chi connectivity index (χ1n) is 5.87. The van der Waals surface area contributed by atoms with Crippen LogP contribution >= 0.6 is 11.8 Å². The summed E-state index contributed by atoms with van der Waals surface area (Å²) >= 11 is 1.83. The molecule has 18 heavy (non-hydrogen) atoms. The summed E-state index contributed by atoms with van der Waals surface area (Å²) in [5.74, 6) is 0.460. The molecule has 0 heterocycles. The minimum absolute atomic E-state index is 0.0753. The van der Waals surface area contributed by atoms with Crippen LogP contribution < -0.4 is 15.8 Å². The van der Waals surface area contributed by atoms with Crippen molar-refractivity contribution in [2.45, 2.75) is 17.6 Å². The second kappa shape index (κ2) is 5.10. The van der Waals surface area contributed by atoms with E-state index in [1.165, 1.54) is 12.8 Å². The number of thioether (sulfide) groups is 1. The van der Waals surface area contributed by atoms with Crippen LogP contribution in [0.15, 0.2) is 18.2 Å². The third kappa shape index (κ3) is 2.72. The molecular weight excluding hydrogens is 248 g/mol. The maximum atomic E-state index is 12.0. The van der Waals surface area contributed by atoms with Gasteiger partial charge in [-0.25, -0.2) is 0 Å². The van der Waals surface area contributed by atoms with E-state index in [2.05, 4.69) is 11.6 Å². The Kier molecular flexibility index (Phi) is 3.71. The molecule has 4 nitrogen and oxygen atoms in total. The molecule has 0 bridgehead atoms. The molecule has 98 valence electrons. The van der Waals surface area contributed by atoms with Crippen LogP contribution in [0.3, 0.4) is 0 Å². The highest BCUT2D eigenvalue weighted by molar-refractivity contribution is 8.00. The largest absolute Gasteiger partial charge is 0.495 e. The molecule has 3 N–H and O–H groups in total. The molecule has 1 aromatic rings. The average molecular weight is 266 g/mol. The van der Waals surface area contributed by atoms with Gasteiger partial charge in [-0.05, 0) is 37.3 Å². The van der Waals surface area contributed by atoms with Crippen molar-refractivity contribution in [3.8, 4) is 5.75 Å². The van der Waals surface area contributed by atoms with Crippen molar-refractivity contribution in [1.29, 1.82) is 0 Å². The highest BCUT2D eigenvalue weighted by atomic mass is 32.2. The Balaban J connectivity index is 2.00. The summed E-state index contributed by atoms with van der Waals surface area (Å²) in [7, 11) is 1.54. The SMILES string of the molecule is COc1cc(C(=O)NCC2(SC)CC2)ccc1N. The van der Waals surface area contributed by atoms with Gasteiger partial charge in [0.15, 0.2) is 0 Å². The van der Waals surface area contributed by atoms with Gasteiger partial charge in [0.1, 0.15) is 5.75 Å². The Morgan fingerprint density at radius 2 is 2.28 bits per heavy atom. The molecule has 0 aromatic heterocycles. The highest BCUT2D eigenvalue weighted by Crippen LogP contribution is 2.46. The summed E-state index contributed by atoms with van der Waals surface area (Å²) in [4.78, 5) is 12.0. The van der Waals surface area contributed by atoms with E-state index in [0.29, 0.717) is 17.0 Å². The number of hydrogen-bond donors (Lipinski definition) is 2. The van der Waals surface area contributed by atoms with Crippen LogP contribution in [0.2, 0.25) is 0 Å². The number of nitrogens with two attached hydrogens (primary N) is 1. The third-order valence-corrected chi connectivity index (χ3v) is 4.73. The zero-order valence-corrected chi connectivity index (χ0v) is 11.5. The van der Waals surface area contributed by atoms with Crippen molar-refractivity contribution in [2.75, 3.05) is 25.6 Å². The monoisotopic (exact) mass is 266 g/mol. The number of nitrogens with one attached hydrogen (secondary N) is 1. The van der Waals surface area contributed by atoms with Crippen molar-refractivity contribution >= 4 is 23.4 Å². The quantitative estimate of drug-likeness (QED) is 0.799. The van der Waals surface area contributed by atoms with Crippen LogP contribution in [-0.2, 0) is 0 Å². The van der Waals surface area contributed by atoms with E-state index in [1.807, 2.05) is 11.8 Å². The molecule has 0 radical (unpaired) electrons. The first-order valence-corrected chi connectivity index (χ1v) is 7.09. The lowest BCUT2D eigenvalue weighted by Crippen LogP contribution is -2.31. The van der Waals surface area contributed by atoms with Crippen LogP contribution in [0, 0.1) is 0 Å². The second-order valence-electron chi connectivity index (χ2n) is 4.53. The topological polar surface area (TPSA) is 64.3 Å². The Labute approximate surface area is 111 Å². The van der Waals surface area contributed by atoms with Gasteiger partial charge in [-0.1, -0.05) is 0 Å². The molecule has 1 aliphatic carbocycles. The lowest BCUT2D eigenvalue weighted by molar-refractivity contribution is 0.0952. The van der Waals surface area contributed by atoms with E-state index < -0.39 is 0 Å². The highest BCUT2D eigenvalue weighted by Gasteiger charge is 2.41. The minimum Gasteiger partial charge on any atom is -0.495 e. The Morgan fingerprint density at radius 3 is 2.83 bits per heavy atom. The number of nitrogen functional groups attached to an aromatic ring is 1. The number of carbonyl (C=O) groups excluding carboxylic acids is 1. The lowest BCUT2D eigenvalue weighted by atomic mass is 10.1. The fourth-order valence-corrected chi connectivity index (χ4v) is 2.52. The number of ether oxygens (including phenoxy) is 1. The molecular formula is C13H18N2O2S. The predicted molar refractivity (Wildman–Crippen MR) is 75.2 cm³/mol. The fourth-order valence-electron chi connectivity index (χ4n) is 1.79. The Bertz CT molecular complexity index is 458. The van der Waals surface area contributed by atoms with Gasteiger partial charge in [-0.15, -0.1) is 0 Å². The van der Waals surface area contributed by atoms with Crippen LogP contribution in [0.1, 0.15) is 23.2 Å². The van der Waals surface area contributed by atoms with Crippen molar-refractivity contribution in [1.82, 2.24) is 5.32 Å². The second-order valence-corrected chi connectivity index (χ2v) is 5.80. The average Bonchev–Trinajstić information content (AvgIpc) is 3.17. The van der Waals surface area contributed by atoms with E-state index in [0.717, 1.165) is 6.54 Å². The number of hydrogen-bond acceptors (Lipinski definition) is 4. The Morgan fingerprint density at radius 1 is 1.56 bits per heavy atom. The predicted octanol–water partition coefficient (Wildman–Crippen LogP) is 1.90. The molecule has 1 amide bonds. The molecule has 1 aliphatic rings. The number of carbonyl (C=O) groups is 1. The number of methoxy groups -OCH3 is 1. The lowest BCUT2D eigenvalue weighted by Gasteiger charge is -2.13. The maximum Gasteiger partial charge on any atom is 0.251 e. The van der Waals surface area contributed by atoms with Gasteiger partial charge in [0, 0.05) is 16.9 Å². The zero-order chi connectivity index (χ0) is 13.2. The van der Waals surface area contributed by atoms with Crippen LogP contribution in [-0.4, -0.2) is 30.6 Å². The summed E-state index contributed by atoms with van der Waals surface area (Å²) in [6.07, 6.45) is 4.45. The van der Waals surface area contributed by atoms with Crippen LogP contribution in [0.4, 0.5) is 5.69 Å². The summed E-state index contributed by atoms with van der Waals surface area (Å²) < 4.78 is 5.38. The van der Waals surface area contributed by atoms with Gasteiger partial charge >= 0.3 is 0 Å². The van der Waals surface area contributed by atoms with Crippen molar-refractivity contribution in [3.05, 3.63) is 23.8 Å². The van der Waals surface area contributed by atoms with E-state index in [9.17, 15) is 4.79 Å². The van der Waals surface area contributed by atoms with Crippen LogP contribution in [0.25, 0.3) is 0 Å². The smallest absolute Gasteiger partial charge is 0.251 e. The normalized spacial score (nSPS) is 16.1. The van der Waals surface area contributed by atoms with Gasteiger partial charge in [0.2, 0.25) is 0 Å². The summed E-state index contributed by atoms with van der Waals surface area (Å²) in [5, 5.41) is 2.97. The first kappa shape index (κ1) is 13.1. The first-order chi connectivity index (χ1) is 8.60. The number of rotatable bonds is 5. The zero-order valence-electron chi connectivity index (χ0n) is 10.7. The minimum atomic E-state index is -0.0753. The Hall–Kier alpha value is -1.36. The van der Waals surface area contributed by atoms with E-state index in [1.54, 1.807) is 25.3 Å². The van der Waals surface area contributed by atoms with Crippen molar-refractivity contribution in [2.24, 2.45) is 0 Å². The fraction of sp³-hybridized carbons (Fsp3) is 0.462. The number of benzene rings is 1. The summed E-state index contributed by atoms with van der Waals surface area (Å²) in [5.41, 5.74) is 6.83. The van der Waals surface area contributed by atoms with E-state index >= 15 is 0 Å². The van der Waals surface area contributed by atoms with Gasteiger partial charge in [0.25, 0.3) is 5.91 Å². The van der Waals surface area contributed by atoms with E-state index in [-0.39, 0.29) is 10.7 Å². The number of amides is 1. The van der Waals surface area contributed by atoms with Gasteiger partial charge in [-0.2, -0.15) is 11.8 Å². The van der Waals surface area contributed by atoms with Crippen molar-refractivity contribution < 1.29 is 9.53 Å². The molecule has 1 saturated carbocycles. The standard InChI is InChI=1S/C13H18N2O2S/c1-17-11-7-9(3-4-10(11)14)12(16)15-8-13(18-2)5-6-13/h3-4,7H,5-6,8,14H2,1-2H3,(H,15,16). The van der Waals surface area contributed by atoms with Crippen LogP contribution in [0.5, 0.6) is 5.75 Å². The summed E-state index contributed by atoms with van der Waals surface area (Å²) in [6.45, 7) is 0.722. The van der Waals surface area contributed by atoms with Gasteiger partial charge in [0.05, 0.1) is 12.8 Å². The molecule has 0 aliphatic heterocycles. The molecule has 0 saturated heterocycles. The van der Waals surface area contributed by atoms with Gasteiger partial charge in [-0.3, -0.25) is 4.79 Å². The molecule has 1 fully saturated rings. The molecule has 2 rings (SSSR count). The molecule has 0 spiro atoms. The van der Waals surface area contributed by atoms with Gasteiger partial charge < -0.3 is 15.8 Å². The van der Waals surface area contributed by atoms with E-state index in [4.69, 9.17) is 10.5 Å². The van der Waals surface area contributed by atoms with Crippen molar-refractivity contribution in [3.63, 3.8) is 0 Å². The maximum absolute atomic E-state index is 12.0. The molecule has 0 atom stereocenters. The summed E-state index contributed by atoms with van der Waals surface area (Å²) in [6, 6.07) is 5.07. The third-order valence-electron chi connectivity index (χ3n) is 3.31. The number of anilines is 1.